The summed E-state index contributed by atoms with van der Waals surface area (Å²) in [5, 5.41) is 2.06. The van der Waals surface area contributed by atoms with E-state index in [0.717, 1.165) is 17.5 Å². The molecular weight excluding hydrogens is 256 g/mol. The van der Waals surface area contributed by atoms with Crippen molar-refractivity contribution in [2.45, 2.75) is 38.5 Å². The molecule has 3 rings (SSSR count). The highest BCUT2D eigenvalue weighted by molar-refractivity contribution is 6.31. The monoisotopic (exact) mass is 276 g/mol. The standard InChI is InChI=1S/C16H21ClN2/c1-10-16(14(9-18)11-4-2-3-5-11)13-8-12(17)6-7-15(13)19-10/h6-8,11,14,19H,2-5,9,18H2,1H3. The van der Waals surface area contributed by atoms with Gasteiger partial charge in [-0.15, -0.1) is 0 Å². The summed E-state index contributed by atoms with van der Waals surface area (Å²) in [5.74, 6) is 1.20. The number of nitrogens with one attached hydrogen (secondary N) is 1. The van der Waals surface area contributed by atoms with Gasteiger partial charge in [-0.05, 0) is 56.0 Å². The van der Waals surface area contributed by atoms with Crippen molar-refractivity contribution in [2.24, 2.45) is 11.7 Å². The van der Waals surface area contributed by atoms with E-state index in [1.165, 1.54) is 47.8 Å². The molecule has 2 aromatic rings. The molecule has 19 heavy (non-hydrogen) atoms. The summed E-state index contributed by atoms with van der Waals surface area (Å²) in [6.07, 6.45) is 5.33. The quantitative estimate of drug-likeness (QED) is 0.859. The molecule has 3 heteroatoms. The summed E-state index contributed by atoms with van der Waals surface area (Å²) in [5.41, 5.74) is 9.91. The van der Waals surface area contributed by atoms with Crippen LogP contribution in [0.4, 0.5) is 0 Å². The zero-order valence-electron chi connectivity index (χ0n) is 11.4. The van der Waals surface area contributed by atoms with Gasteiger partial charge in [-0.25, -0.2) is 0 Å². The third kappa shape index (κ3) is 2.28. The predicted molar refractivity (Wildman–Crippen MR) is 81.8 cm³/mol. The Hall–Kier alpha value is -0.990. The first-order valence-electron chi connectivity index (χ1n) is 7.18. The molecule has 1 unspecified atom stereocenters. The van der Waals surface area contributed by atoms with Crippen LogP contribution in [0.2, 0.25) is 5.02 Å². The maximum absolute atomic E-state index is 6.16. The molecule has 1 aliphatic carbocycles. The van der Waals surface area contributed by atoms with Gasteiger partial charge in [0.05, 0.1) is 0 Å². The Morgan fingerprint density at radius 2 is 2.11 bits per heavy atom. The molecule has 0 aliphatic heterocycles. The molecule has 1 saturated carbocycles. The Balaban J connectivity index is 2.11. The van der Waals surface area contributed by atoms with Crippen LogP contribution >= 0.6 is 11.6 Å². The molecule has 1 aromatic heterocycles. The van der Waals surface area contributed by atoms with Crippen LogP contribution in [0, 0.1) is 12.8 Å². The second-order valence-corrected chi connectivity index (χ2v) is 6.18. The number of aryl methyl sites for hydroxylation is 1. The Kier molecular flexibility index (Phi) is 3.55. The smallest absolute Gasteiger partial charge is 0.0460 e. The zero-order valence-corrected chi connectivity index (χ0v) is 12.1. The van der Waals surface area contributed by atoms with E-state index < -0.39 is 0 Å². The lowest BCUT2D eigenvalue weighted by molar-refractivity contribution is 0.441. The SMILES string of the molecule is Cc1[nH]c2ccc(Cl)cc2c1C(CN)C1CCCC1. The van der Waals surface area contributed by atoms with Gasteiger partial charge in [0, 0.05) is 27.5 Å². The van der Waals surface area contributed by atoms with E-state index in [2.05, 4.69) is 24.0 Å². The summed E-state index contributed by atoms with van der Waals surface area (Å²) in [7, 11) is 0. The predicted octanol–water partition coefficient (Wildman–Crippen LogP) is 4.36. The minimum Gasteiger partial charge on any atom is -0.358 e. The van der Waals surface area contributed by atoms with Crippen LogP contribution in [0.3, 0.4) is 0 Å². The van der Waals surface area contributed by atoms with Crippen LogP contribution in [0.1, 0.15) is 42.9 Å². The van der Waals surface area contributed by atoms with Crippen LogP contribution in [0.5, 0.6) is 0 Å². The lowest BCUT2D eigenvalue weighted by Crippen LogP contribution is -2.20. The van der Waals surface area contributed by atoms with Gasteiger partial charge >= 0.3 is 0 Å². The topological polar surface area (TPSA) is 41.8 Å². The number of nitrogens with two attached hydrogens (primary N) is 1. The van der Waals surface area contributed by atoms with Crippen LogP contribution < -0.4 is 5.73 Å². The van der Waals surface area contributed by atoms with Crippen molar-refractivity contribution in [3.8, 4) is 0 Å². The molecule has 1 atom stereocenters. The van der Waals surface area contributed by atoms with E-state index in [1.54, 1.807) is 0 Å². The van der Waals surface area contributed by atoms with Gasteiger partial charge in [0.1, 0.15) is 0 Å². The second-order valence-electron chi connectivity index (χ2n) is 5.74. The van der Waals surface area contributed by atoms with E-state index in [9.17, 15) is 0 Å². The fourth-order valence-corrected chi connectivity index (χ4v) is 3.88. The number of hydrogen-bond donors (Lipinski definition) is 2. The number of benzene rings is 1. The molecule has 1 heterocycles. The molecule has 0 bridgehead atoms. The number of hydrogen-bond acceptors (Lipinski definition) is 1. The molecule has 102 valence electrons. The fraction of sp³-hybridized carbons (Fsp3) is 0.500. The summed E-state index contributed by atoms with van der Waals surface area (Å²) in [4.78, 5) is 3.48. The maximum Gasteiger partial charge on any atom is 0.0460 e. The lowest BCUT2D eigenvalue weighted by atomic mass is 9.83. The molecule has 0 saturated heterocycles. The maximum atomic E-state index is 6.16. The first kappa shape index (κ1) is 13.0. The minimum absolute atomic E-state index is 0.467. The van der Waals surface area contributed by atoms with Crippen molar-refractivity contribution in [1.82, 2.24) is 4.98 Å². The third-order valence-corrected chi connectivity index (χ3v) is 4.83. The lowest BCUT2D eigenvalue weighted by Gasteiger charge is -2.22. The van der Waals surface area contributed by atoms with Crippen molar-refractivity contribution < 1.29 is 0 Å². The highest BCUT2D eigenvalue weighted by Crippen LogP contribution is 2.41. The molecule has 1 aromatic carbocycles. The molecule has 2 nitrogen and oxygen atoms in total. The Morgan fingerprint density at radius 3 is 2.79 bits per heavy atom. The van der Waals surface area contributed by atoms with Crippen LogP contribution in [-0.4, -0.2) is 11.5 Å². The summed E-state index contributed by atoms with van der Waals surface area (Å²) in [6.45, 7) is 2.88. The molecular formula is C16H21ClN2. The zero-order chi connectivity index (χ0) is 13.4. The number of aromatic amines is 1. The second kappa shape index (κ2) is 5.18. The molecule has 0 amide bonds. The van der Waals surface area contributed by atoms with Crippen LogP contribution in [0.15, 0.2) is 18.2 Å². The van der Waals surface area contributed by atoms with E-state index in [1.807, 2.05) is 6.07 Å². The van der Waals surface area contributed by atoms with E-state index in [0.29, 0.717) is 5.92 Å². The average Bonchev–Trinajstić information content (AvgIpc) is 3.00. The van der Waals surface area contributed by atoms with Crippen LogP contribution in [0.25, 0.3) is 10.9 Å². The highest BCUT2D eigenvalue weighted by Gasteiger charge is 2.28. The van der Waals surface area contributed by atoms with Crippen molar-refractivity contribution in [3.05, 3.63) is 34.5 Å². The van der Waals surface area contributed by atoms with Crippen molar-refractivity contribution in [3.63, 3.8) is 0 Å². The number of halogens is 1. The average molecular weight is 277 g/mol. The normalized spacial score (nSPS) is 18.3. The molecule has 0 radical (unpaired) electrons. The van der Waals surface area contributed by atoms with Gasteiger partial charge in [-0.3, -0.25) is 0 Å². The highest BCUT2D eigenvalue weighted by atomic mass is 35.5. The van der Waals surface area contributed by atoms with Gasteiger partial charge in [0.15, 0.2) is 0 Å². The molecule has 1 fully saturated rings. The molecule has 3 N–H and O–H groups in total. The molecule has 0 spiro atoms. The van der Waals surface area contributed by atoms with Gasteiger partial charge in [0.2, 0.25) is 0 Å². The van der Waals surface area contributed by atoms with Crippen molar-refractivity contribution >= 4 is 22.5 Å². The number of fused-ring (bicyclic) bond motifs is 1. The third-order valence-electron chi connectivity index (χ3n) is 4.59. The number of rotatable bonds is 3. The van der Waals surface area contributed by atoms with Gasteiger partial charge in [-0.1, -0.05) is 24.4 Å². The van der Waals surface area contributed by atoms with Crippen molar-refractivity contribution in [1.29, 1.82) is 0 Å². The van der Waals surface area contributed by atoms with Crippen LogP contribution in [-0.2, 0) is 0 Å². The minimum atomic E-state index is 0.467. The van der Waals surface area contributed by atoms with Gasteiger partial charge < -0.3 is 10.7 Å². The Bertz CT molecular complexity index is 582. The van der Waals surface area contributed by atoms with Gasteiger partial charge in [0.25, 0.3) is 0 Å². The van der Waals surface area contributed by atoms with E-state index in [4.69, 9.17) is 17.3 Å². The number of H-pyrrole nitrogens is 1. The first-order valence-corrected chi connectivity index (χ1v) is 7.56. The van der Waals surface area contributed by atoms with E-state index in [-0.39, 0.29) is 0 Å². The first-order chi connectivity index (χ1) is 9.20. The summed E-state index contributed by atoms with van der Waals surface area (Å²) < 4.78 is 0. The summed E-state index contributed by atoms with van der Waals surface area (Å²) in [6, 6.07) is 6.08. The van der Waals surface area contributed by atoms with Gasteiger partial charge in [-0.2, -0.15) is 0 Å². The van der Waals surface area contributed by atoms with Crippen molar-refractivity contribution in [2.75, 3.05) is 6.54 Å². The largest absolute Gasteiger partial charge is 0.358 e. The summed E-state index contributed by atoms with van der Waals surface area (Å²) >= 11 is 6.16. The molecule has 1 aliphatic rings. The fourth-order valence-electron chi connectivity index (χ4n) is 3.70. The van der Waals surface area contributed by atoms with E-state index >= 15 is 0 Å². The Morgan fingerprint density at radius 1 is 1.37 bits per heavy atom. The number of aromatic nitrogens is 1. The Labute approximate surface area is 119 Å².